The van der Waals surface area contributed by atoms with Gasteiger partial charge in [0.05, 0.1) is 22.2 Å². The quantitative estimate of drug-likeness (QED) is 0.890. The first-order valence-corrected chi connectivity index (χ1v) is 7.19. The summed E-state index contributed by atoms with van der Waals surface area (Å²) in [7, 11) is 0. The number of halogens is 1. The van der Waals surface area contributed by atoms with Gasteiger partial charge in [0.1, 0.15) is 0 Å². The molecule has 1 amide bonds. The van der Waals surface area contributed by atoms with Crippen LogP contribution in [0.4, 0.5) is 0 Å². The lowest BCUT2D eigenvalue weighted by Gasteiger charge is -2.04. The fraction of sp³-hybridized carbons (Fsp3) is 0.500. The van der Waals surface area contributed by atoms with Gasteiger partial charge in [0.2, 0.25) is 5.91 Å². The van der Waals surface area contributed by atoms with Crippen LogP contribution in [0.3, 0.4) is 0 Å². The number of carbonyl (C=O) groups excluding carboxylic acids is 1. The van der Waals surface area contributed by atoms with Crippen molar-refractivity contribution in [3.8, 4) is 0 Å². The number of carbonyl (C=O) groups is 2. The maximum Gasteiger partial charge on any atom is 0.307 e. The predicted molar refractivity (Wildman–Crippen MR) is 72.3 cm³/mol. The van der Waals surface area contributed by atoms with Gasteiger partial charge in [0, 0.05) is 4.88 Å². The number of nitrogens with one attached hydrogen (secondary N) is 1. The molecule has 1 aliphatic rings. The fourth-order valence-corrected chi connectivity index (χ4v) is 3.74. The molecule has 0 saturated heterocycles. The molecule has 0 aliphatic heterocycles. The topological polar surface area (TPSA) is 66.4 Å². The number of thiophene rings is 1. The van der Waals surface area contributed by atoms with Gasteiger partial charge in [-0.25, -0.2) is 0 Å². The second-order valence-corrected chi connectivity index (χ2v) is 7.59. The zero-order chi connectivity index (χ0) is 13.5. The van der Waals surface area contributed by atoms with E-state index in [9.17, 15) is 9.59 Å². The molecule has 18 heavy (non-hydrogen) atoms. The van der Waals surface area contributed by atoms with E-state index in [4.69, 9.17) is 5.11 Å². The van der Waals surface area contributed by atoms with Crippen molar-refractivity contribution in [2.45, 2.75) is 20.4 Å². The molecular formula is C12H14BrNO3S. The maximum atomic E-state index is 11.9. The van der Waals surface area contributed by atoms with Crippen molar-refractivity contribution in [1.82, 2.24) is 5.32 Å². The van der Waals surface area contributed by atoms with Crippen molar-refractivity contribution in [3.63, 3.8) is 0 Å². The summed E-state index contributed by atoms with van der Waals surface area (Å²) in [6, 6.07) is 3.86. The highest BCUT2D eigenvalue weighted by Crippen LogP contribution is 2.58. The number of aliphatic carboxylic acids is 1. The molecule has 6 heteroatoms. The van der Waals surface area contributed by atoms with E-state index in [0.717, 1.165) is 8.66 Å². The van der Waals surface area contributed by atoms with Gasteiger partial charge in [0.15, 0.2) is 0 Å². The molecule has 2 rings (SSSR count). The predicted octanol–water partition coefficient (Wildman–Crippen LogP) is 2.48. The molecule has 1 aliphatic carbocycles. The fourth-order valence-electron chi connectivity index (χ4n) is 2.32. The van der Waals surface area contributed by atoms with Gasteiger partial charge in [-0.05, 0) is 33.5 Å². The molecule has 0 radical (unpaired) electrons. The molecule has 1 saturated carbocycles. The molecule has 2 atom stereocenters. The zero-order valence-corrected chi connectivity index (χ0v) is 12.5. The Hall–Kier alpha value is -0.880. The van der Waals surface area contributed by atoms with Crippen LogP contribution in [-0.4, -0.2) is 17.0 Å². The van der Waals surface area contributed by atoms with Crippen LogP contribution < -0.4 is 5.32 Å². The second-order valence-electron chi connectivity index (χ2n) is 5.04. The summed E-state index contributed by atoms with van der Waals surface area (Å²) in [5.41, 5.74) is -0.439. The Labute approximate surface area is 118 Å². The number of carboxylic acid groups (broad SMARTS) is 1. The van der Waals surface area contributed by atoms with E-state index in [2.05, 4.69) is 21.2 Å². The average Bonchev–Trinajstić information content (AvgIpc) is 2.63. The van der Waals surface area contributed by atoms with E-state index < -0.39 is 23.2 Å². The minimum Gasteiger partial charge on any atom is -0.481 e. The molecule has 0 aromatic carbocycles. The zero-order valence-electron chi connectivity index (χ0n) is 10.1. The van der Waals surface area contributed by atoms with Gasteiger partial charge in [-0.15, -0.1) is 11.3 Å². The summed E-state index contributed by atoms with van der Waals surface area (Å²) in [5, 5.41) is 11.8. The number of hydrogen-bond acceptors (Lipinski definition) is 3. The second kappa shape index (κ2) is 4.66. The van der Waals surface area contributed by atoms with E-state index in [1.54, 1.807) is 11.3 Å². The van der Waals surface area contributed by atoms with E-state index in [0.29, 0.717) is 6.54 Å². The van der Waals surface area contributed by atoms with Crippen LogP contribution in [0.5, 0.6) is 0 Å². The minimum absolute atomic E-state index is 0.170. The molecule has 2 unspecified atom stereocenters. The molecule has 1 fully saturated rings. The van der Waals surface area contributed by atoms with Crippen molar-refractivity contribution in [3.05, 3.63) is 20.8 Å². The first kappa shape index (κ1) is 13.5. The number of hydrogen-bond donors (Lipinski definition) is 2. The summed E-state index contributed by atoms with van der Waals surface area (Å²) in [4.78, 5) is 24.0. The summed E-state index contributed by atoms with van der Waals surface area (Å²) < 4.78 is 1.02. The normalized spacial score (nSPS) is 24.6. The molecular weight excluding hydrogens is 318 g/mol. The molecule has 98 valence electrons. The van der Waals surface area contributed by atoms with Crippen molar-refractivity contribution < 1.29 is 14.7 Å². The van der Waals surface area contributed by atoms with Crippen molar-refractivity contribution in [2.24, 2.45) is 17.3 Å². The van der Waals surface area contributed by atoms with Gasteiger partial charge in [0.25, 0.3) is 0 Å². The number of carboxylic acids is 1. The Kier molecular flexibility index (Phi) is 3.51. The van der Waals surface area contributed by atoms with Crippen molar-refractivity contribution in [1.29, 1.82) is 0 Å². The van der Waals surface area contributed by atoms with Crippen LogP contribution in [0.1, 0.15) is 18.7 Å². The Morgan fingerprint density at radius 1 is 1.44 bits per heavy atom. The Morgan fingerprint density at radius 2 is 2.11 bits per heavy atom. The summed E-state index contributed by atoms with van der Waals surface area (Å²) in [5.74, 6) is -2.04. The Balaban J connectivity index is 1.92. The van der Waals surface area contributed by atoms with Crippen LogP contribution in [-0.2, 0) is 16.1 Å². The highest BCUT2D eigenvalue weighted by atomic mass is 79.9. The van der Waals surface area contributed by atoms with Crippen LogP contribution in [0.25, 0.3) is 0 Å². The monoisotopic (exact) mass is 331 g/mol. The smallest absolute Gasteiger partial charge is 0.307 e. The van der Waals surface area contributed by atoms with Gasteiger partial charge in [-0.2, -0.15) is 0 Å². The van der Waals surface area contributed by atoms with E-state index >= 15 is 0 Å². The first-order valence-electron chi connectivity index (χ1n) is 5.58. The van der Waals surface area contributed by atoms with Crippen LogP contribution in [0.15, 0.2) is 15.9 Å². The molecule has 1 heterocycles. The first-order chi connectivity index (χ1) is 8.34. The molecule has 2 N–H and O–H groups in total. The third-order valence-electron chi connectivity index (χ3n) is 3.44. The van der Waals surface area contributed by atoms with Gasteiger partial charge in [-0.3, -0.25) is 9.59 Å². The van der Waals surface area contributed by atoms with Crippen LogP contribution in [0, 0.1) is 17.3 Å². The lowest BCUT2D eigenvalue weighted by molar-refractivity contribution is -0.140. The van der Waals surface area contributed by atoms with E-state index in [1.807, 2.05) is 26.0 Å². The molecule has 1 aromatic rings. The van der Waals surface area contributed by atoms with E-state index in [1.165, 1.54) is 0 Å². The molecule has 0 bridgehead atoms. The molecule has 4 nitrogen and oxygen atoms in total. The largest absolute Gasteiger partial charge is 0.481 e. The standard InChI is InChI=1S/C12H14BrNO3S/c1-12(2)8(9(12)11(16)17)10(15)14-5-6-3-4-7(13)18-6/h3-4,8-9H,5H2,1-2H3,(H,14,15)(H,16,17). The molecule has 0 spiro atoms. The van der Waals surface area contributed by atoms with Crippen LogP contribution >= 0.6 is 27.3 Å². The van der Waals surface area contributed by atoms with Crippen molar-refractivity contribution in [2.75, 3.05) is 0 Å². The summed E-state index contributed by atoms with van der Waals surface area (Å²) >= 11 is 4.91. The minimum atomic E-state index is -0.890. The van der Waals surface area contributed by atoms with Crippen LogP contribution in [0.2, 0.25) is 0 Å². The lowest BCUT2D eigenvalue weighted by Crippen LogP contribution is -2.26. The number of amides is 1. The van der Waals surface area contributed by atoms with Crippen molar-refractivity contribution >= 4 is 39.1 Å². The SMILES string of the molecule is CC1(C)C(C(=O)O)C1C(=O)NCc1ccc(Br)s1. The molecule has 1 aromatic heterocycles. The Morgan fingerprint density at radius 3 is 2.56 bits per heavy atom. The third-order valence-corrected chi connectivity index (χ3v) is 5.07. The summed E-state index contributed by atoms with van der Waals surface area (Å²) in [6.07, 6.45) is 0. The Bertz CT molecular complexity index is 497. The maximum absolute atomic E-state index is 11.9. The van der Waals surface area contributed by atoms with Gasteiger partial charge < -0.3 is 10.4 Å². The third kappa shape index (κ3) is 2.44. The highest BCUT2D eigenvalue weighted by Gasteiger charge is 2.65. The highest BCUT2D eigenvalue weighted by molar-refractivity contribution is 9.11. The van der Waals surface area contributed by atoms with E-state index in [-0.39, 0.29) is 5.91 Å². The number of rotatable bonds is 4. The van der Waals surface area contributed by atoms with Gasteiger partial charge >= 0.3 is 5.97 Å². The van der Waals surface area contributed by atoms with Gasteiger partial charge in [-0.1, -0.05) is 13.8 Å². The average molecular weight is 332 g/mol. The lowest BCUT2D eigenvalue weighted by atomic mass is 10.1. The summed E-state index contributed by atoms with van der Waals surface area (Å²) in [6.45, 7) is 4.09.